The van der Waals surface area contributed by atoms with Crippen molar-refractivity contribution in [3.63, 3.8) is 0 Å². The Labute approximate surface area is 164 Å². The molecule has 0 fully saturated rings. The first-order valence-electron chi connectivity index (χ1n) is 8.47. The third kappa shape index (κ3) is 3.97. The third-order valence-electron chi connectivity index (χ3n) is 4.28. The number of anilines is 1. The molecule has 30 heavy (non-hydrogen) atoms. The fraction of sp³-hybridized carbons (Fsp3) is 0.312. The lowest BCUT2D eigenvalue weighted by atomic mass is 10.1. The molecule has 1 aliphatic rings. The fourth-order valence-electron chi connectivity index (χ4n) is 3.03. The summed E-state index contributed by atoms with van der Waals surface area (Å²) in [6.45, 7) is -0.642. The molecule has 4 rings (SSSR count). The first kappa shape index (κ1) is 19.8. The number of allylic oxidation sites excluding steroid dienone is 1. The van der Waals surface area contributed by atoms with Crippen LogP contribution in [0.25, 0.3) is 11.6 Å². The van der Waals surface area contributed by atoms with Crippen LogP contribution in [-0.4, -0.2) is 53.2 Å². The highest BCUT2D eigenvalue weighted by molar-refractivity contribution is 5.62. The Morgan fingerprint density at radius 2 is 1.90 bits per heavy atom. The molecule has 3 aromatic rings. The van der Waals surface area contributed by atoms with E-state index in [9.17, 15) is 26.3 Å². The zero-order valence-electron chi connectivity index (χ0n) is 14.9. The van der Waals surface area contributed by atoms with Crippen molar-refractivity contribution in [2.45, 2.75) is 24.8 Å². The highest BCUT2D eigenvalue weighted by Crippen LogP contribution is 2.38. The molecule has 3 aromatic heterocycles. The SMILES string of the molecule is FC(F)(F)/C=C/[C@H]1c2nncn2-c2cnc(-n3ccnc3)nc2N1CCC(F)(F)F. The molecule has 0 radical (unpaired) electrons. The van der Waals surface area contributed by atoms with Crippen molar-refractivity contribution in [3.05, 3.63) is 49.2 Å². The Morgan fingerprint density at radius 3 is 2.57 bits per heavy atom. The van der Waals surface area contributed by atoms with Gasteiger partial charge in [0, 0.05) is 25.0 Å². The minimum absolute atomic E-state index is 0.0158. The summed E-state index contributed by atoms with van der Waals surface area (Å²) in [6.07, 6.45) is -2.81. The van der Waals surface area contributed by atoms with E-state index < -0.39 is 31.4 Å². The van der Waals surface area contributed by atoms with Gasteiger partial charge >= 0.3 is 12.4 Å². The molecule has 0 spiro atoms. The van der Waals surface area contributed by atoms with Crippen LogP contribution < -0.4 is 4.90 Å². The summed E-state index contributed by atoms with van der Waals surface area (Å²) in [5.74, 6) is 0.129. The van der Waals surface area contributed by atoms with Crippen molar-refractivity contribution >= 4 is 5.82 Å². The average molecular weight is 430 g/mol. The lowest BCUT2D eigenvalue weighted by molar-refractivity contribution is -0.132. The number of rotatable bonds is 4. The second-order valence-corrected chi connectivity index (χ2v) is 6.31. The lowest BCUT2D eigenvalue weighted by Crippen LogP contribution is -2.37. The van der Waals surface area contributed by atoms with Gasteiger partial charge in [0.05, 0.1) is 12.6 Å². The zero-order chi connectivity index (χ0) is 21.5. The summed E-state index contributed by atoms with van der Waals surface area (Å²) < 4.78 is 79.9. The molecular formula is C16H12F6N8. The standard InChI is InChI=1S/C16H12F6N8/c17-15(18,19)2-1-10-13-27-25-9-30(13)11-7-24-14(28-6-4-23-8-28)26-12(11)29(10)5-3-16(20,21)22/h1-2,4,6-10H,3,5H2/b2-1+/t10-/m0/s1. The van der Waals surface area contributed by atoms with Crippen LogP contribution in [0.2, 0.25) is 0 Å². The number of hydrogen-bond donors (Lipinski definition) is 0. The molecule has 0 unspecified atom stereocenters. The summed E-state index contributed by atoms with van der Waals surface area (Å²) in [4.78, 5) is 13.4. The highest BCUT2D eigenvalue weighted by atomic mass is 19.4. The maximum Gasteiger partial charge on any atom is 0.409 e. The van der Waals surface area contributed by atoms with Crippen LogP contribution in [0, 0.1) is 0 Å². The predicted octanol–water partition coefficient (Wildman–Crippen LogP) is 3.18. The Morgan fingerprint density at radius 1 is 1.10 bits per heavy atom. The molecule has 0 amide bonds. The second kappa shape index (κ2) is 7.11. The van der Waals surface area contributed by atoms with E-state index in [1.807, 2.05) is 0 Å². The Balaban J connectivity index is 1.84. The highest BCUT2D eigenvalue weighted by Gasteiger charge is 2.37. The van der Waals surface area contributed by atoms with E-state index in [4.69, 9.17) is 0 Å². The van der Waals surface area contributed by atoms with Crippen molar-refractivity contribution in [1.82, 2.24) is 34.3 Å². The average Bonchev–Trinajstić information content (AvgIpc) is 3.34. The van der Waals surface area contributed by atoms with Crippen LogP contribution in [0.15, 0.2) is 43.4 Å². The smallest absolute Gasteiger partial charge is 0.341 e. The van der Waals surface area contributed by atoms with Gasteiger partial charge in [-0.15, -0.1) is 10.2 Å². The molecule has 1 aliphatic heterocycles. The molecule has 0 saturated heterocycles. The fourth-order valence-corrected chi connectivity index (χ4v) is 3.03. The topological polar surface area (TPSA) is 77.5 Å². The van der Waals surface area contributed by atoms with E-state index in [1.165, 1.54) is 40.4 Å². The minimum atomic E-state index is -4.66. The van der Waals surface area contributed by atoms with Crippen molar-refractivity contribution in [2.75, 3.05) is 11.4 Å². The summed E-state index contributed by atoms with van der Waals surface area (Å²) >= 11 is 0. The molecular weight excluding hydrogens is 418 g/mol. The van der Waals surface area contributed by atoms with Gasteiger partial charge in [0.25, 0.3) is 0 Å². The molecule has 158 valence electrons. The lowest BCUT2D eigenvalue weighted by Gasteiger charge is -2.36. The molecule has 0 aliphatic carbocycles. The van der Waals surface area contributed by atoms with E-state index in [0.717, 1.165) is 11.0 Å². The molecule has 8 nitrogen and oxygen atoms in total. The van der Waals surface area contributed by atoms with Crippen LogP contribution in [0.4, 0.5) is 32.2 Å². The molecule has 0 saturated carbocycles. The first-order chi connectivity index (χ1) is 14.1. The maximum absolute atomic E-state index is 12.9. The quantitative estimate of drug-likeness (QED) is 0.468. The Hall–Kier alpha value is -3.45. The zero-order valence-corrected chi connectivity index (χ0v) is 14.9. The summed E-state index contributed by atoms with van der Waals surface area (Å²) in [7, 11) is 0. The molecule has 0 aromatic carbocycles. The number of fused-ring (bicyclic) bond motifs is 3. The van der Waals surface area contributed by atoms with E-state index in [0.29, 0.717) is 0 Å². The largest absolute Gasteiger partial charge is 0.409 e. The summed E-state index contributed by atoms with van der Waals surface area (Å²) in [5.41, 5.74) is 0.248. The number of nitrogens with zero attached hydrogens (tertiary/aromatic N) is 8. The molecule has 4 heterocycles. The Kier molecular flexibility index (Phi) is 4.70. The van der Waals surface area contributed by atoms with E-state index >= 15 is 0 Å². The van der Waals surface area contributed by atoms with E-state index in [1.54, 1.807) is 0 Å². The van der Waals surface area contributed by atoms with Crippen LogP contribution in [0.5, 0.6) is 0 Å². The molecule has 0 N–H and O–H groups in total. The number of aromatic nitrogens is 7. The van der Waals surface area contributed by atoms with Crippen molar-refractivity contribution in [2.24, 2.45) is 0 Å². The number of imidazole rings is 1. The van der Waals surface area contributed by atoms with Crippen LogP contribution in [0.1, 0.15) is 18.3 Å². The molecule has 1 atom stereocenters. The summed E-state index contributed by atoms with van der Waals surface area (Å²) in [5, 5.41) is 7.50. The number of halogens is 6. The van der Waals surface area contributed by atoms with E-state index in [-0.39, 0.29) is 29.4 Å². The first-order valence-corrected chi connectivity index (χ1v) is 8.47. The van der Waals surface area contributed by atoms with Crippen LogP contribution in [0.3, 0.4) is 0 Å². The van der Waals surface area contributed by atoms with Gasteiger partial charge in [0.2, 0.25) is 5.95 Å². The predicted molar refractivity (Wildman–Crippen MR) is 90.0 cm³/mol. The van der Waals surface area contributed by atoms with Gasteiger partial charge in [-0.3, -0.25) is 9.13 Å². The van der Waals surface area contributed by atoms with Gasteiger partial charge in [-0.25, -0.2) is 9.97 Å². The summed E-state index contributed by atoms with van der Waals surface area (Å²) in [6, 6.07) is -1.27. The number of alkyl halides is 6. The normalized spacial score (nSPS) is 16.7. The van der Waals surface area contributed by atoms with Gasteiger partial charge in [-0.2, -0.15) is 31.3 Å². The van der Waals surface area contributed by atoms with Crippen molar-refractivity contribution in [1.29, 1.82) is 0 Å². The van der Waals surface area contributed by atoms with Gasteiger partial charge in [0.1, 0.15) is 24.4 Å². The van der Waals surface area contributed by atoms with Gasteiger partial charge in [0.15, 0.2) is 11.6 Å². The minimum Gasteiger partial charge on any atom is -0.341 e. The van der Waals surface area contributed by atoms with Crippen LogP contribution in [-0.2, 0) is 0 Å². The van der Waals surface area contributed by atoms with Gasteiger partial charge < -0.3 is 4.90 Å². The van der Waals surface area contributed by atoms with Crippen molar-refractivity contribution in [3.8, 4) is 11.6 Å². The van der Waals surface area contributed by atoms with Crippen molar-refractivity contribution < 1.29 is 26.3 Å². The molecule has 14 heteroatoms. The van der Waals surface area contributed by atoms with Gasteiger partial charge in [-0.05, 0) is 6.08 Å². The maximum atomic E-state index is 12.9. The van der Waals surface area contributed by atoms with Crippen LogP contribution >= 0.6 is 0 Å². The molecule has 0 bridgehead atoms. The second-order valence-electron chi connectivity index (χ2n) is 6.31. The third-order valence-corrected chi connectivity index (χ3v) is 4.28. The van der Waals surface area contributed by atoms with Gasteiger partial charge in [-0.1, -0.05) is 0 Å². The van der Waals surface area contributed by atoms with E-state index in [2.05, 4.69) is 25.1 Å². The monoisotopic (exact) mass is 430 g/mol. The number of hydrogen-bond acceptors (Lipinski definition) is 6. The Bertz CT molecular complexity index is 1050.